The van der Waals surface area contributed by atoms with Gasteiger partial charge >= 0.3 is 0 Å². The molecule has 0 saturated heterocycles. The van der Waals surface area contributed by atoms with Crippen molar-refractivity contribution >= 4 is 17.5 Å². The van der Waals surface area contributed by atoms with Crippen molar-refractivity contribution < 1.29 is 13.9 Å². The molecule has 0 bridgehead atoms. The second-order valence-electron chi connectivity index (χ2n) is 8.40. The van der Waals surface area contributed by atoms with Crippen molar-refractivity contribution in [1.82, 2.24) is 20.3 Å². The van der Waals surface area contributed by atoms with Crippen LogP contribution in [0, 0.1) is 5.82 Å². The minimum absolute atomic E-state index is 0.131. The number of hydrogen-bond acceptors (Lipinski definition) is 6. The second-order valence-corrected chi connectivity index (χ2v) is 8.40. The quantitative estimate of drug-likeness (QED) is 0.426. The van der Waals surface area contributed by atoms with Gasteiger partial charge in [-0.2, -0.15) is 4.98 Å². The lowest BCUT2D eigenvalue weighted by molar-refractivity contribution is 0.0945. The summed E-state index contributed by atoms with van der Waals surface area (Å²) in [6.45, 7) is 2.55. The molecule has 0 saturated carbocycles. The fourth-order valence-electron chi connectivity index (χ4n) is 4.12. The number of rotatable bonds is 7. The van der Waals surface area contributed by atoms with E-state index in [9.17, 15) is 9.18 Å². The minimum atomic E-state index is -0.357. The molecule has 2 aromatic heterocycles. The fourth-order valence-corrected chi connectivity index (χ4v) is 4.12. The molecule has 1 aliphatic rings. The maximum Gasteiger partial charge on any atom is 0.258 e. The highest BCUT2D eigenvalue weighted by molar-refractivity contribution is 5.96. The number of hydrogen-bond donors (Lipinski definition) is 1. The van der Waals surface area contributed by atoms with Gasteiger partial charge in [0.25, 0.3) is 5.91 Å². The predicted octanol–water partition coefficient (Wildman–Crippen LogP) is 4.60. The van der Waals surface area contributed by atoms with Gasteiger partial charge in [-0.25, -0.2) is 9.37 Å². The summed E-state index contributed by atoms with van der Waals surface area (Å²) in [6.07, 6.45) is 5.74. The van der Waals surface area contributed by atoms with Gasteiger partial charge in [-0.1, -0.05) is 36.4 Å². The zero-order chi connectivity index (χ0) is 24.2. The number of anilines is 2. The van der Waals surface area contributed by atoms with E-state index >= 15 is 0 Å². The maximum absolute atomic E-state index is 13.3. The third-order valence-corrected chi connectivity index (χ3v) is 5.87. The molecule has 176 valence electrons. The molecule has 5 rings (SSSR count). The number of benzene rings is 2. The van der Waals surface area contributed by atoms with Crippen molar-refractivity contribution in [3.63, 3.8) is 0 Å². The smallest absolute Gasteiger partial charge is 0.258 e. The number of carbonyl (C=O) groups is 1. The Labute approximate surface area is 202 Å². The van der Waals surface area contributed by atoms with Crippen molar-refractivity contribution in [1.29, 1.82) is 0 Å². The first kappa shape index (κ1) is 22.5. The first-order chi connectivity index (χ1) is 17.1. The topological polar surface area (TPSA) is 80.2 Å². The van der Waals surface area contributed by atoms with Crippen molar-refractivity contribution in [2.75, 3.05) is 4.90 Å². The van der Waals surface area contributed by atoms with Crippen LogP contribution in [-0.4, -0.2) is 26.9 Å². The van der Waals surface area contributed by atoms with Crippen LogP contribution in [-0.2, 0) is 19.6 Å². The first-order valence-corrected chi connectivity index (χ1v) is 11.4. The summed E-state index contributed by atoms with van der Waals surface area (Å²) >= 11 is 0. The Balaban J connectivity index is 1.43. The monoisotopic (exact) mass is 469 g/mol. The average molecular weight is 470 g/mol. The third kappa shape index (κ3) is 4.96. The Kier molecular flexibility index (Phi) is 6.34. The van der Waals surface area contributed by atoms with Gasteiger partial charge in [0.2, 0.25) is 11.8 Å². The summed E-state index contributed by atoms with van der Waals surface area (Å²) in [6, 6.07) is 18.0. The van der Waals surface area contributed by atoms with Crippen LogP contribution in [0.4, 0.5) is 16.0 Å². The minimum Gasteiger partial charge on any atom is -0.472 e. The summed E-state index contributed by atoms with van der Waals surface area (Å²) in [7, 11) is 0. The van der Waals surface area contributed by atoms with E-state index in [1.54, 1.807) is 24.5 Å². The Morgan fingerprint density at radius 1 is 1.09 bits per heavy atom. The van der Waals surface area contributed by atoms with Crippen molar-refractivity contribution in [2.24, 2.45) is 0 Å². The number of aromatic nitrogens is 3. The molecule has 0 aliphatic carbocycles. The second kappa shape index (κ2) is 9.89. The van der Waals surface area contributed by atoms with Gasteiger partial charge in [-0.05, 0) is 54.3 Å². The number of pyridine rings is 1. The Bertz CT molecular complexity index is 1330. The lowest BCUT2D eigenvalue weighted by atomic mass is 10.1. The average Bonchev–Trinajstić information content (AvgIpc) is 3.23. The number of para-hydroxylation sites is 1. The molecule has 0 radical (unpaired) electrons. The van der Waals surface area contributed by atoms with Crippen molar-refractivity contribution in [3.8, 4) is 5.88 Å². The van der Waals surface area contributed by atoms with E-state index in [-0.39, 0.29) is 35.8 Å². The number of carbonyl (C=O) groups excluding carboxylic acids is 1. The molecular formula is C27H24FN5O2. The normalized spacial score (nSPS) is 14.5. The third-order valence-electron chi connectivity index (χ3n) is 5.87. The summed E-state index contributed by atoms with van der Waals surface area (Å²) in [5, 5.41) is 2.87. The highest BCUT2D eigenvalue weighted by Gasteiger charge is 2.30. The van der Waals surface area contributed by atoms with Crippen LogP contribution in [0.25, 0.3) is 0 Å². The molecule has 3 heterocycles. The highest BCUT2D eigenvalue weighted by atomic mass is 19.1. The van der Waals surface area contributed by atoms with Crippen molar-refractivity contribution in [3.05, 3.63) is 107 Å². The van der Waals surface area contributed by atoms with Crippen LogP contribution in [0.1, 0.15) is 34.0 Å². The van der Waals surface area contributed by atoms with Crippen LogP contribution in [0.3, 0.4) is 0 Å². The van der Waals surface area contributed by atoms with Crippen LogP contribution in [0.2, 0.25) is 0 Å². The van der Waals surface area contributed by atoms with Crippen LogP contribution < -0.4 is 15.0 Å². The number of halogens is 1. The van der Waals surface area contributed by atoms with Gasteiger partial charge in [0, 0.05) is 36.9 Å². The zero-order valence-corrected chi connectivity index (χ0v) is 19.2. The van der Waals surface area contributed by atoms with E-state index in [0.717, 1.165) is 23.2 Å². The SMILES string of the molecule is CC1Cc2ccccc2N1c1ncc(C(=O)NCc2cccnc2)c(OCc2ccc(F)cc2)n1. The number of amides is 1. The molecule has 1 aliphatic heterocycles. The molecule has 1 amide bonds. The molecule has 1 atom stereocenters. The predicted molar refractivity (Wildman–Crippen MR) is 130 cm³/mol. The molecule has 2 aromatic carbocycles. The molecule has 1 unspecified atom stereocenters. The molecule has 35 heavy (non-hydrogen) atoms. The molecule has 4 aromatic rings. The highest BCUT2D eigenvalue weighted by Crippen LogP contribution is 2.37. The molecular weight excluding hydrogens is 445 g/mol. The lowest BCUT2D eigenvalue weighted by Gasteiger charge is -2.23. The van der Waals surface area contributed by atoms with Crippen LogP contribution in [0.15, 0.2) is 79.3 Å². The molecule has 0 spiro atoms. The zero-order valence-electron chi connectivity index (χ0n) is 19.2. The molecule has 1 N–H and O–H groups in total. The Morgan fingerprint density at radius 3 is 2.71 bits per heavy atom. The first-order valence-electron chi connectivity index (χ1n) is 11.4. The van der Waals surface area contributed by atoms with Crippen LogP contribution in [0.5, 0.6) is 5.88 Å². The van der Waals surface area contributed by atoms with Gasteiger partial charge in [0.1, 0.15) is 18.0 Å². The summed E-state index contributed by atoms with van der Waals surface area (Å²) < 4.78 is 19.3. The van der Waals surface area contributed by atoms with E-state index in [2.05, 4.69) is 38.2 Å². The van der Waals surface area contributed by atoms with Gasteiger partial charge in [-0.15, -0.1) is 0 Å². The van der Waals surface area contributed by atoms with E-state index in [0.29, 0.717) is 12.5 Å². The fraction of sp³-hybridized carbons (Fsp3) is 0.185. The van der Waals surface area contributed by atoms with E-state index in [1.807, 2.05) is 30.3 Å². The Hall–Kier alpha value is -4.33. The van der Waals surface area contributed by atoms with E-state index in [4.69, 9.17) is 4.74 Å². The number of nitrogens with zero attached hydrogens (tertiary/aromatic N) is 4. The maximum atomic E-state index is 13.3. The largest absolute Gasteiger partial charge is 0.472 e. The molecule has 0 fully saturated rings. The standard InChI is InChI=1S/C27H24FN5O2/c1-18-13-21-6-2-3-7-24(21)33(18)27-31-16-23(25(34)30-15-20-5-4-12-29-14-20)26(32-27)35-17-19-8-10-22(28)11-9-19/h2-12,14,16,18H,13,15,17H2,1H3,(H,30,34). The molecule has 7 nitrogen and oxygen atoms in total. The van der Waals surface area contributed by atoms with Crippen LogP contribution >= 0.6 is 0 Å². The van der Waals surface area contributed by atoms with Gasteiger partial charge in [0.05, 0.1) is 0 Å². The van der Waals surface area contributed by atoms with E-state index < -0.39 is 0 Å². The number of nitrogens with one attached hydrogen (secondary N) is 1. The summed E-state index contributed by atoms with van der Waals surface area (Å²) in [4.78, 5) is 28.3. The summed E-state index contributed by atoms with van der Waals surface area (Å²) in [5.41, 5.74) is 4.11. The Morgan fingerprint density at radius 2 is 1.91 bits per heavy atom. The molecule has 8 heteroatoms. The van der Waals surface area contributed by atoms with Gasteiger partial charge in [-0.3, -0.25) is 9.78 Å². The van der Waals surface area contributed by atoms with E-state index in [1.165, 1.54) is 23.9 Å². The van der Waals surface area contributed by atoms with Crippen molar-refractivity contribution in [2.45, 2.75) is 32.5 Å². The van der Waals surface area contributed by atoms with Gasteiger partial charge < -0.3 is 15.0 Å². The number of fused-ring (bicyclic) bond motifs is 1. The van der Waals surface area contributed by atoms with Gasteiger partial charge in [0.15, 0.2) is 0 Å². The summed E-state index contributed by atoms with van der Waals surface area (Å²) in [5.74, 6) is -0.0560. The number of ether oxygens (including phenoxy) is 1. The lowest BCUT2D eigenvalue weighted by Crippen LogP contribution is -2.28.